The minimum absolute atomic E-state index is 0.421. The van der Waals surface area contributed by atoms with E-state index in [1.54, 1.807) is 44.5 Å². The predicted molar refractivity (Wildman–Crippen MR) is 148 cm³/mol. The third-order valence-corrected chi connectivity index (χ3v) is 11.9. The van der Waals surface area contributed by atoms with Gasteiger partial charge >= 0.3 is 0 Å². The van der Waals surface area contributed by atoms with Crippen molar-refractivity contribution in [3.05, 3.63) is 153 Å². The quantitative estimate of drug-likeness (QED) is 0.230. The Morgan fingerprint density at radius 1 is 0.378 bits per heavy atom. The van der Waals surface area contributed by atoms with Gasteiger partial charge in [0.1, 0.15) is 0 Å². The number of hydrogen-bond donors (Lipinski definition) is 0. The largest absolute Gasteiger partial charge is 0.0892 e. The van der Waals surface area contributed by atoms with E-state index in [2.05, 4.69) is 103 Å². The van der Waals surface area contributed by atoms with Crippen molar-refractivity contribution in [1.82, 2.24) is 0 Å². The van der Waals surface area contributed by atoms with Gasteiger partial charge in [0.05, 0.1) is 0 Å². The lowest BCUT2D eigenvalue weighted by Gasteiger charge is -2.68. The SMILES string of the molecule is ClC1=CC2[C@H]3C4c5ccccc5C(c5ccccc54)[C@H]3C1[C@H]1C3c4ccccc4C(c4ccccc43)[C@@H]21. The van der Waals surface area contributed by atoms with Crippen LogP contribution >= 0.6 is 11.6 Å². The normalized spacial score (nSPS) is 38.0. The first-order chi connectivity index (χ1) is 18.3. The van der Waals surface area contributed by atoms with E-state index in [0.29, 0.717) is 59.2 Å². The van der Waals surface area contributed by atoms with Crippen molar-refractivity contribution in [1.29, 1.82) is 0 Å². The topological polar surface area (TPSA) is 0 Å². The standard InChI is InChI=1S/C36H27Cl/c37-27-17-26-32-28-18-9-1-5-13-22(18)30(23-14-6-2-10-19(23)28)35(32)34(27)36-31-24-15-7-3-11-20(24)29(33(26)36)21-12-4-8-16-25(21)31/h1-17,26,28-36H/t26?,28?,29?,30?,31?,32-,33+,34?,35+,36-. The molecule has 178 valence electrons. The van der Waals surface area contributed by atoms with E-state index in [-0.39, 0.29) is 0 Å². The molecule has 4 aromatic rings. The van der Waals surface area contributed by atoms with Gasteiger partial charge in [0, 0.05) is 34.6 Å². The molecular formula is C36H27Cl. The average Bonchev–Trinajstić information content (AvgIpc) is 2.96. The Morgan fingerprint density at radius 3 is 0.946 bits per heavy atom. The first-order valence-corrected chi connectivity index (χ1v) is 14.4. The second kappa shape index (κ2) is 6.66. The number of rotatable bonds is 0. The monoisotopic (exact) mass is 494 g/mol. The minimum atomic E-state index is 0.421. The molecule has 0 heterocycles. The fourth-order valence-corrected chi connectivity index (χ4v) is 11.2. The summed E-state index contributed by atoms with van der Waals surface area (Å²) >= 11 is 7.40. The molecule has 4 aromatic carbocycles. The third-order valence-electron chi connectivity index (χ3n) is 11.5. The van der Waals surface area contributed by atoms with Gasteiger partial charge in [-0.1, -0.05) is 115 Å². The van der Waals surface area contributed by atoms with Gasteiger partial charge in [0.25, 0.3) is 0 Å². The summed E-state index contributed by atoms with van der Waals surface area (Å²) in [5.74, 6) is 5.19. The van der Waals surface area contributed by atoms with Crippen molar-refractivity contribution in [3.8, 4) is 0 Å². The Bertz CT molecular complexity index is 1470. The van der Waals surface area contributed by atoms with Crippen LogP contribution in [0, 0.1) is 35.5 Å². The van der Waals surface area contributed by atoms with E-state index in [0.717, 1.165) is 5.03 Å². The second-order valence-corrected chi connectivity index (χ2v) is 12.8. The molecule has 0 radical (unpaired) electrons. The third kappa shape index (κ3) is 2.15. The zero-order valence-electron chi connectivity index (χ0n) is 20.5. The van der Waals surface area contributed by atoms with Gasteiger partial charge in [-0.05, 0) is 74.1 Å². The lowest BCUT2D eigenvalue weighted by Crippen LogP contribution is -2.61. The summed E-state index contributed by atoms with van der Waals surface area (Å²) in [7, 11) is 0. The van der Waals surface area contributed by atoms with Crippen molar-refractivity contribution in [2.75, 3.05) is 0 Å². The van der Waals surface area contributed by atoms with Gasteiger partial charge in [-0.3, -0.25) is 0 Å². The van der Waals surface area contributed by atoms with Crippen LogP contribution in [0.4, 0.5) is 0 Å². The van der Waals surface area contributed by atoms with Crippen molar-refractivity contribution in [2.45, 2.75) is 23.7 Å². The van der Waals surface area contributed by atoms with E-state index < -0.39 is 0 Å². The van der Waals surface area contributed by atoms with Crippen LogP contribution in [0.1, 0.15) is 68.2 Å². The van der Waals surface area contributed by atoms with E-state index in [1.807, 2.05) is 0 Å². The van der Waals surface area contributed by atoms with Crippen LogP contribution in [0.25, 0.3) is 0 Å². The Morgan fingerprint density at radius 2 is 0.649 bits per heavy atom. The van der Waals surface area contributed by atoms with Gasteiger partial charge in [-0.15, -0.1) is 0 Å². The van der Waals surface area contributed by atoms with Crippen LogP contribution in [-0.2, 0) is 0 Å². The number of hydrogen-bond acceptors (Lipinski definition) is 0. The second-order valence-electron chi connectivity index (χ2n) is 12.4. The average molecular weight is 495 g/mol. The van der Waals surface area contributed by atoms with Gasteiger partial charge in [-0.25, -0.2) is 0 Å². The highest BCUT2D eigenvalue weighted by molar-refractivity contribution is 6.30. The molecule has 9 aliphatic rings. The van der Waals surface area contributed by atoms with Gasteiger partial charge in [-0.2, -0.15) is 0 Å². The van der Waals surface area contributed by atoms with Crippen molar-refractivity contribution < 1.29 is 0 Å². The first-order valence-electron chi connectivity index (χ1n) is 14.1. The molecule has 37 heavy (non-hydrogen) atoms. The Hall–Kier alpha value is -3.09. The molecule has 0 aromatic heterocycles. The molecule has 0 saturated heterocycles. The highest BCUT2D eigenvalue weighted by atomic mass is 35.5. The summed E-state index contributed by atoms with van der Waals surface area (Å²) in [4.78, 5) is 0. The van der Waals surface area contributed by atoms with Crippen LogP contribution in [0.2, 0.25) is 0 Å². The van der Waals surface area contributed by atoms with Crippen LogP contribution in [0.15, 0.2) is 108 Å². The Balaban J connectivity index is 1.26. The fourth-order valence-electron chi connectivity index (χ4n) is 10.8. The van der Waals surface area contributed by atoms with E-state index in [4.69, 9.17) is 11.6 Å². The number of allylic oxidation sites excluding steroid dienone is 2. The summed E-state index contributed by atoms with van der Waals surface area (Å²) in [5, 5.41) is 1.16. The van der Waals surface area contributed by atoms with Crippen LogP contribution < -0.4 is 0 Å². The van der Waals surface area contributed by atoms with Crippen molar-refractivity contribution in [3.63, 3.8) is 0 Å². The zero-order valence-corrected chi connectivity index (χ0v) is 21.2. The van der Waals surface area contributed by atoms with E-state index in [9.17, 15) is 0 Å². The molecule has 0 nitrogen and oxygen atoms in total. The zero-order chi connectivity index (χ0) is 24.0. The molecular weight excluding hydrogens is 468 g/mol. The predicted octanol–water partition coefficient (Wildman–Crippen LogP) is 8.42. The Labute approximate surface area is 223 Å². The highest BCUT2D eigenvalue weighted by Crippen LogP contribution is 2.76. The maximum absolute atomic E-state index is 7.40. The summed E-state index contributed by atoms with van der Waals surface area (Å²) in [6, 6.07) is 37.5. The summed E-state index contributed by atoms with van der Waals surface area (Å²) in [6.45, 7) is 0. The van der Waals surface area contributed by atoms with E-state index in [1.165, 1.54) is 0 Å². The van der Waals surface area contributed by atoms with Crippen molar-refractivity contribution in [2.24, 2.45) is 35.5 Å². The maximum atomic E-state index is 7.40. The molecule has 6 bridgehead atoms. The molecule has 0 spiro atoms. The minimum Gasteiger partial charge on any atom is -0.0892 e. The molecule has 1 fully saturated rings. The molecule has 1 heteroatoms. The number of halogens is 1. The van der Waals surface area contributed by atoms with Crippen LogP contribution in [0.5, 0.6) is 0 Å². The lowest BCUT2D eigenvalue weighted by molar-refractivity contribution is -0.0497. The Kier molecular flexibility index (Phi) is 3.59. The molecule has 2 unspecified atom stereocenters. The molecule has 13 rings (SSSR count). The molecule has 0 N–H and O–H groups in total. The summed E-state index contributed by atoms with van der Waals surface area (Å²) in [5.41, 5.74) is 12.6. The first kappa shape index (κ1) is 19.9. The van der Waals surface area contributed by atoms with Crippen LogP contribution in [-0.4, -0.2) is 0 Å². The molecule has 6 atom stereocenters. The van der Waals surface area contributed by atoms with E-state index >= 15 is 0 Å². The number of benzene rings is 4. The molecule has 0 amide bonds. The summed E-state index contributed by atoms with van der Waals surface area (Å²) < 4.78 is 0. The molecule has 1 saturated carbocycles. The van der Waals surface area contributed by atoms with Gasteiger partial charge in [0.2, 0.25) is 0 Å². The molecule has 9 aliphatic carbocycles. The fraction of sp³-hybridized carbons (Fsp3) is 0.278. The van der Waals surface area contributed by atoms with Gasteiger partial charge < -0.3 is 0 Å². The highest BCUT2D eigenvalue weighted by Gasteiger charge is 2.68. The molecule has 0 aliphatic heterocycles. The lowest BCUT2D eigenvalue weighted by atomic mass is 9.35. The van der Waals surface area contributed by atoms with Gasteiger partial charge in [0.15, 0.2) is 0 Å². The summed E-state index contributed by atoms with van der Waals surface area (Å²) in [6.07, 6.45) is 2.55. The maximum Gasteiger partial charge on any atom is 0.0181 e. The van der Waals surface area contributed by atoms with Crippen molar-refractivity contribution >= 4 is 11.6 Å². The smallest absolute Gasteiger partial charge is 0.0181 e. The van der Waals surface area contributed by atoms with Crippen LogP contribution in [0.3, 0.4) is 0 Å².